The molecule has 0 radical (unpaired) electrons. The van der Waals surface area contributed by atoms with Crippen molar-refractivity contribution in [1.82, 2.24) is 10.2 Å². The van der Waals surface area contributed by atoms with E-state index in [1.807, 2.05) is 31.2 Å². The van der Waals surface area contributed by atoms with E-state index in [1.165, 1.54) is 31.5 Å². The number of piperidine rings is 1. The Morgan fingerprint density at radius 2 is 2.21 bits per heavy atom. The summed E-state index contributed by atoms with van der Waals surface area (Å²) in [5.74, 6) is 1.12. The predicted octanol–water partition coefficient (Wildman–Crippen LogP) is 3.98. The number of benzene rings is 1. The molecule has 1 N–H and O–H groups in total. The van der Waals surface area contributed by atoms with Crippen LogP contribution < -0.4 is 5.32 Å². The summed E-state index contributed by atoms with van der Waals surface area (Å²) in [6.45, 7) is 8.68. The number of carbonyl (C=O) groups excluding carboxylic acids is 1. The molecule has 24 heavy (non-hydrogen) atoms. The van der Waals surface area contributed by atoms with Gasteiger partial charge in [-0.05, 0) is 69.8 Å². The molecule has 1 unspecified atom stereocenters. The number of likely N-dealkylation sites (tertiary alicyclic amines) is 1. The summed E-state index contributed by atoms with van der Waals surface area (Å²) in [7, 11) is 0. The molecule has 1 aromatic carbocycles. The first-order valence-electron chi connectivity index (χ1n) is 9.12. The Labute approximate surface area is 144 Å². The SMILES string of the molecule is Cc1ccc2oc(C(=O)NCCCCN3CCCC(C)C3)cc2c1. The van der Waals surface area contributed by atoms with Crippen LogP contribution in [0.3, 0.4) is 0 Å². The number of amides is 1. The van der Waals surface area contributed by atoms with Gasteiger partial charge in [-0.15, -0.1) is 0 Å². The molecule has 1 aromatic heterocycles. The molecule has 0 spiro atoms. The number of hydrogen-bond acceptors (Lipinski definition) is 3. The van der Waals surface area contributed by atoms with Gasteiger partial charge in [-0.3, -0.25) is 4.79 Å². The third-order valence-electron chi connectivity index (χ3n) is 4.82. The minimum Gasteiger partial charge on any atom is -0.451 e. The van der Waals surface area contributed by atoms with E-state index in [9.17, 15) is 4.79 Å². The maximum atomic E-state index is 12.2. The summed E-state index contributed by atoms with van der Waals surface area (Å²) >= 11 is 0. The van der Waals surface area contributed by atoms with Crippen molar-refractivity contribution in [2.75, 3.05) is 26.2 Å². The normalized spacial score (nSPS) is 18.8. The lowest BCUT2D eigenvalue weighted by atomic mass is 10.0. The Morgan fingerprint density at radius 1 is 1.33 bits per heavy atom. The van der Waals surface area contributed by atoms with E-state index in [1.54, 1.807) is 0 Å². The number of hydrogen-bond donors (Lipinski definition) is 1. The topological polar surface area (TPSA) is 45.5 Å². The maximum absolute atomic E-state index is 12.2. The second-order valence-corrected chi connectivity index (χ2v) is 7.16. The van der Waals surface area contributed by atoms with Gasteiger partial charge in [0.2, 0.25) is 0 Å². The number of fused-ring (bicyclic) bond motifs is 1. The predicted molar refractivity (Wildman–Crippen MR) is 97.4 cm³/mol. The molecule has 1 aliphatic rings. The third kappa shape index (κ3) is 4.38. The van der Waals surface area contributed by atoms with Crippen molar-refractivity contribution in [2.45, 2.75) is 39.5 Å². The van der Waals surface area contributed by atoms with Crippen LogP contribution in [0.25, 0.3) is 11.0 Å². The second kappa shape index (κ2) is 7.84. The Morgan fingerprint density at radius 3 is 3.04 bits per heavy atom. The third-order valence-corrected chi connectivity index (χ3v) is 4.82. The van der Waals surface area contributed by atoms with E-state index in [4.69, 9.17) is 4.42 Å². The fraction of sp³-hybridized carbons (Fsp3) is 0.550. The molecule has 130 valence electrons. The first-order valence-corrected chi connectivity index (χ1v) is 9.12. The van der Waals surface area contributed by atoms with Crippen molar-refractivity contribution in [3.05, 3.63) is 35.6 Å². The van der Waals surface area contributed by atoms with Gasteiger partial charge < -0.3 is 14.6 Å². The fourth-order valence-electron chi connectivity index (χ4n) is 3.51. The Bertz CT molecular complexity index is 692. The molecule has 1 aliphatic heterocycles. The van der Waals surface area contributed by atoms with Crippen LogP contribution >= 0.6 is 0 Å². The highest BCUT2D eigenvalue weighted by Crippen LogP contribution is 2.20. The van der Waals surface area contributed by atoms with Crippen molar-refractivity contribution < 1.29 is 9.21 Å². The van der Waals surface area contributed by atoms with Gasteiger partial charge in [0, 0.05) is 18.5 Å². The largest absolute Gasteiger partial charge is 0.451 e. The molecule has 0 saturated carbocycles. The van der Waals surface area contributed by atoms with E-state index in [0.29, 0.717) is 12.3 Å². The fourth-order valence-corrected chi connectivity index (χ4v) is 3.51. The molecule has 1 saturated heterocycles. The van der Waals surface area contributed by atoms with E-state index in [-0.39, 0.29) is 5.91 Å². The van der Waals surface area contributed by atoms with Crippen molar-refractivity contribution in [1.29, 1.82) is 0 Å². The van der Waals surface area contributed by atoms with Crippen molar-refractivity contribution >= 4 is 16.9 Å². The van der Waals surface area contributed by atoms with E-state index in [0.717, 1.165) is 36.3 Å². The van der Waals surface area contributed by atoms with Crippen LogP contribution in [0.1, 0.15) is 48.7 Å². The van der Waals surface area contributed by atoms with Crippen molar-refractivity contribution in [3.8, 4) is 0 Å². The average Bonchev–Trinajstić information content (AvgIpc) is 2.97. The molecule has 0 aliphatic carbocycles. The van der Waals surface area contributed by atoms with Crippen molar-refractivity contribution in [2.24, 2.45) is 5.92 Å². The number of nitrogens with zero attached hydrogens (tertiary/aromatic N) is 1. The molecule has 4 nitrogen and oxygen atoms in total. The minimum absolute atomic E-state index is 0.115. The highest BCUT2D eigenvalue weighted by atomic mass is 16.3. The van der Waals surface area contributed by atoms with Gasteiger partial charge in [0.15, 0.2) is 5.76 Å². The number of furan rings is 1. The molecule has 1 amide bonds. The summed E-state index contributed by atoms with van der Waals surface area (Å²) < 4.78 is 5.63. The monoisotopic (exact) mass is 328 g/mol. The van der Waals surface area contributed by atoms with Gasteiger partial charge in [-0.2, -0.15) is 0 Å². The number of aryl methyl sites for hydroxylation is 1. The Balaban J connectivity index is 1.40. The van der Waals surface area contributed by atoms with Crippen LogP contribution in [-0.2, 0) is 0 Å². The lowest BCUT2D eigenvalue weighted by Gasteiger charge is -2.30. The van der Waals surface area contributed by atoms with Gasteiger partial charge >= 0.3 is 0 Å². The maximum Gasteiger partial charge on any atom is 0.287 e. The highest BCUT2D eigenvalue weighted by Gasteiger charge is 2.15. The summed E-state index contributed by atoms with van der Waals surface area (Å²) in [6, 6.07) is 7.78. The van der Waals surface area contributed by atoms with E-state index >= 15 is 0 Å². The summed E-state index contributed by atoms with van der Waals surface area (Å²) in [5, 5.41) is 3.96. The number of carbonyl (C=O) groups is 1. The minimum atomic E-state index is -0.115. The lowest BCUT2D eigenvalue weighted by molar-refractivity contribution is 0.0926. The van der Waals surface area contributed by atoms with Crippen LogP contribution in [0.15, 0.2) is 28.7 Å². The van der Waals surface area contributed by atoms with Gasteiger partial charge in [0.1, 0.15) is 5.58 Å². The van der Waals surface area contributed by atoms with Gasteiger partial charge in [-0.1, -0.05) is 18.6 Å². The first-order chi connectivity index (χ1) is 11.6. The smallest absolute Gasteiger partial charge is 0.287 e. The van der Waals surface area contributed by atoms with E-state index < -0.39 is 0 Å². The van der Waals surface area contributed by atoms with Crippen LogP contribution in [-0.4, -0.2) is 37.0 Å². The molecule has 2 heterocycles. The number of nitrogens with one attached hydrogen (secondary N) is 1. The molecule has 1 fully saturated rings. The second-order valence-electron chi connectivity index (χ2n) is 7.16. The zero-order valence-corrected chi connectivity index (χ0v) is 14.8. The van der Waals surface area contributed by atoms with Crippen LogP contribution in [0.2, 0.25) is 0 Å². The molecule has 2 aromatic rings. The molecule has 4 heteroatoms. The van der Waals surface area contributed by atoms with Gasteiger partial charge in [-0.25, -0.2) is 0 Å². The Kier molecular flexibility index (Phi) is 5.56. The van der Waals surface area contributed by atoms with Gasteiger partial charge in [0.25, 0.3) is 5.91 Å². The van der Waals surface area contributed by atoms with Crippen LogP contribution in [0.5, 0.6) is 0 Å². The zero-order chi connectivity index (χ0) is 16.9. The zero-order valence-electron chi connectivity index (χ0n) is 14.8. The summed E-state index contributed by atoms with van der Waals surface area (Å²) in [4.78, 5) is 14.7. The van der Waals surface area contributed by atoms with Crippen molar-refractivity contribution in [3.63, 3.8) is 0 Å². The lowest BCUT2D eigenvalue weighted by Crippen LogP contribution is -2.35. The van der Waals surface area contributed by atoms with Crippen LogP contribution in [0.4, 0.5) is 0 Å². The highest BCUT2D eigenvalue weighted by molar-refractivity contribution is 5.96. The van der Waals surface area contributed by atoms with E-state index in [2.05, 4.69) is 17.1 Å². The quantitative estimate of drug-likeness (QED) is 0.816. The van der Waals surface area contributed by atoms with Crippen LogP contribution in [0, 0.1) is 12.8 Å². The molecule has 3 rings (SSSR count). The average molecular weight is 328 g/mol. The molecular weight excluding hydrogens is 300 g/mol. The number of rotatable bonds is 6. The molecular formula is C20H28N2O2. The first kappa shape index (κ1) is 17.0. The van der Waals surface area contributed by atoms with Gasteiger partial charge in [0.05, 0.1) is 0 Å². The standard InChI is InChI=1S/C20H28N2O2/c1-15-7-8-18-17(12-15)13-19(24-18)20(23)21-9-3-4-10-22-11-5-6-16(2)14-22/h7-8,12-13,16H,3-6,9-11,14H2,1-2H3,(H,21,23). The molecule has 0 bridgehead atoms. The Hall–Kier alpha value is -1.81. The molecule has 1 atom stereocenters. The summed E-state index contributed by atoms with van der Waals surface area (Å²) in [5.41, 5.74) is 1.94. The summed E-state index contributed by atoms with van der Waals surface area (Å²) in [6.07, 6.45) is 4.83. The number of unbranched alkanes of at least 4 members (excludes halogenated alkanes) is 1.